The number of hydrogen-bond acceptors (Lipinski definition) is 2. The van der Waals surface area contributed by atoms with Gasteiger partial charge in [-0.05, 0) is 30.4 Å². The first-order valence-electron chi connectivity index (χ1n) is 4.47. The van der Waals surface area contributed by atoms with Gasteiger partial charge in [-0.25, -0.2) is 0 Å². The molecule has 1 atom stereocenters. The molecule has 0 saturated heterocycles. The molecular weight excluding hydrogens is 168 g/mol. The van der Waals surface area contributed by atoms with Gasteiger partial charge in [0.2, 0.25) is 0 Å². The van der Waals surface area contributed by atoms with Crippen LogP contribution in [0.25, 0.3) is 0 Å². The Labute approximate surface area is 78.1 Å². The second-order valence-corrected chi connectivity index (χ2v) is 4.26. The van der Waals surface area contributed by atoms with Crippen molar-refractivity contribution in [3.05, 3.63) is 21.9 Å². The van der Waals surface area contributed by atoms with E-state index in [2.05, 4.69) is 25.3 Å². The van der Waals surface area contributed by atoms with Crippen LogP contribution >= 0.6 is 11.3 Å². The van der Waals surface area contributed by atoms with E-state index >= 15 is 0 Å². The molecule has 12 heavy (non-hydrogen) atoms. The second-order valence-electron chi connectivity index (χ2n) is 3.15. The molecule has 0 radical (unpaired) electrons. The maximum absolute atomic E-state index is 9.67. The van der Waals surface area contributed by atoms with E-state index in [-0.39, 0.29) is 6.10 Å². The summed E-state index contributed by atoms with van der Waals surface area (Å²) in [6.45, 7) is 4.21. The summed E-state index contributed by atoms with van der Waals surface area (Å²) in [6.07, 6.45) is 2.91. The fraction of sp³-hybridized carbons (Fsp3) is 0.600. The number of hydrogen-bond donors (Lipinski definition) is 1. The van der Waals surface area contributed by atoms with Gasteiger partial charge in [0.1, 0.15) is 0 Å². The summed E-state index contributed by atoms with van der Waals surface area (Å²) < 4.78 is 0. The topological polar surface area (TPSA) is 20.2 Å². The Bertz CT molecular complexity index is 229. The summed E-state index contributed by atoms with van der Waals surface area (Å²) in [5, 5.41) is 11.7. The fourth-order valence-electron chi connectivity index (χ4n) is 1.20. The molecule has 68 valence electrons. The van der Waals surface area contributed by atoms with E-state index in [9.17, 15) is 5.11 Å². The van der Waals surface area contributed by atoms with Crippen LogP contribution in [0.3, 0.4) is 0 Å². The molecule has 1 heterocycles. The molecular formula is C10H16OS. The van der Waals surface area contributed by atoms with Crippen LogP contribution in [-0.2, 0) is 0 Å². The lowest BCUT2D eigenvalue weighted by atomic mass is 10.1. The number of aryl methyl sites for hydroxylation is 1. The largest absolute Gasteiger partial charge is 0.388 e. The van der Waals surface area contributed by atoms with E-state index in [4.69, 9.17) is 0 Å². The number of unbranched alkanes of at least 4 members (excludes halogenated alkanes) is 1. The zero-order valence-electron chi connectivity index (χ0n) is 7.71. The van der Waals surface area contributed by atoms with Gasteiger partial charge < -0.3 is 5.11 Å². The van der Waals surface area contributed by atoms with Crippen LogP contribution < -0.4 is 0 Å². The summed E-state index contributed by atoms with van der Waals surface area (Å²) in [7, 11) is 0. The second kappa shape index (κ2) is 4.63. The summed E-state index contributed by atoms with van der Waals surface area (Å²) in [4.78, 5) is 1.28. The molecule has 1 N–H and O–H groups in total. The molecule has 0 fully saturated rings. The van der Waals surface area contributed by atoms with Crippen LogP contribution in [0, 0.1) is 6.92 Å². The molecule has 0 amide bonds. The van der Waals surface area contributed by atoms with Gasteiger partial charge in [0, 0.05) is 4.88 Å². The van der Waals surface area contributed by atoms with Crippen LogP contribution in [0.4, 0.5) is 0 Å². The van der Waals surface area contributed by atoms with Gasteiger partial charge >= 0.3 is 0 Å². The molecule has 1 unspecified atom stereocenters. The van der Waals surface area contributed by atoms with Crippen molar-refractivity contribution in [2.24, 2.45) is 0 Å². The lowest BCUT2D eigenvalue weighted by Gasteiger charge is -2.06. The predicted molar refractivity (Wildman–Crippen MR) is 53.5 cm³/mol. The standard InChI is InChI=1S/C10H16OS/c1-3-4-5-10(11)9-6-8(2)12-7-9/h6-7,10-11H,3-5H2,1-2H3. The Morgan fingerprint density at radius 2 is 2.33 bits per heavy atom. The monoisotopic (exact) mass is 184 g/mol. The van der Waals surface area contributed by atoms with Crippen LogP contribution in [0.5, 0.6) is 0 Å². The lowest BCUT2D eigenvalue weighted by Crippen LogP contribution is -1.94. The Morgan fingerprint density at radius 1 is 1.58 bits per heavy atom. The van der Waals surface area contributed by atoms with Gasteiger partial charge in [-0.15, -0.1) is 11.3 Å². The van der Waals surface area contributed by atoms with E-state index < -0.39 is 0 Å². The summed E-state index contributed by atoms with van der Waals surface area (Å²) in [5.41, 5.74) is 1.09. The third-order valence-electron chi connectivity index (χ3n) is 1.97. The highest BCUT2D eigenvalue weighted by Crippen LogP contribution is 2.23. The molecule has 0 aliphatic carbocycles. The molecule has 1 rings (SSSR count). The minimum Gasteiger partial charge on any atom is -0.388 e. The molecule has 1 aromatic rings. The molecule has 0 spiro atoms. The maximum atomic E-state index is 9.67. The molecule has 1 aromatic heterocycles. The quantitative estimate of drug-likeness (QED) is 0.761. The number of thiophene rings is 1. The first-order chi connectivity index (χ1) is 5.74. The molecule has 0 aromatic carbocycles. The average molecular weight is 184 g/mol. The third-order valence-corrected chi connectivity index (χ3v) is 2.85. The van der Waals surface area contributed by atoms with Crippen LogP contribution in [-0.4, -0.2) is 5.11 Å². The number of aliphatic hydroxyl groups excluding tert-OH is 1. The lowest BCUT2D eigenvalue weighted by molar-refractivity contribution is 0.164. The number of rotatable bonds is 4. The van der Waals surface area contributed by atoms with E-state index in [1.165, 1.54) is 4.88 Å². The van der Waals surface area contributed by atoms with Gasteiger partial charge in [0.25, 0.3) is 0 Å². The zero-order chi connectivity index (χ0) is 8.97. The van der Waals surface area contributed by atoms with Crippen molar-refractivity contribution >= 4 is 11.3 Å². The Kier molecular flexibility index (Phi) is 3.76. The van der Waals surface area contributed by atoms with Crippen molar-refractivity contribution in [1.82, 2.24) is 0 Å². The van der Waals surface area contributed by atoms with Crippen LogP contribution in [0.2, 0.25) is 0 Å². The first kappa shape index (κ1) is 9.75. The Morgan fingerprint density at radius 3 is 2.83 bits per heavy atom. The first-order valence-corrected chi connectivity index (χ1v) is 5.35. The summed E-state index contributed by atoms with van der Waals surface area (Å²) in [5.74, 6) is 0. The Hall–Kier alpha value is -0.340. The predicted octanol–water partition coefficient (Wildman–Crippen LogP) is 3.28. The molecule has 0 aliphatic heterocycles. The highest BCUT2D eigenvalue weighted by molar-refractivity contribution is 7.10. The van der Waals surface area contributed by atoms with Crippen molar-refractivity contribution in [3.8, 4) is 0 Å². The van der Waals surface area contributed by atoms with Crippen molar-refractivity contribution in [1.29, 1.82) is 0 Å². The summed E-state index contributed by atoms with van der Waals surface area (Å²) >= 11 is 1.71. The molecule has 1 nitrogen and oxygen atoms in total. The maximum Gasteiger partial charge on any atom is 0.0798 e. The van der Waals surface area contributed by atoms with E-state index in [1.54, 1.807) is 11.3 Å². The van der Waals surface area contributed by atoms with Gasteiger partial charge in [-0.2, -0.15) is 0 Å². The normalized spacial score (nSPS) is 13.2. The summed E-state index contributed by atoms with van der Waals surface area (Å²) in [6, 6.07) is 2.07. The fourth-order valence-corrected chi connectivity index (χ4v) is 1.95. The highest BCUT2D eigenvalue weighted by atomic mass is 32.1. The van der Waals surface area contributed by atoms with Crippen molar-refractivity contribution in [2.75, 3.05) is 0 Å². The van der Waals surface area contributed by atoms with Gasteiger partial charge in [-0.1, -0.05) is 19.8 Å². The SMILES string of the molecule is CCCCC(O)c1csc(C)c1. The average Bonchev–Trinajstić information content (AvgIpc) is 2.47. The van der Waals surface area contributed by atoms with E-state index in [0.29, 0.717) is 0 Å². The number of aliphatic hydroxyl groups is 1. The van der Waals surface area contributed by atoms with Gasteiger partial charge in [0.05, 0.1) is 6.10 Å². The third kappa shape index (κ3) is 2.61. The van der Waals surface area contributed by atoms with Gasteiger partial charge in [-0.3, -0.25) is 0 Å². The van der Waals surface area contributed by atoms with Crippen molar-refractivity contribution in [3.63, 3.8) is 0 Å². The smallest absolute Gasteiger partial charge is 0.0798 e. The highest BCUT2D eigenvalue weighted by Gasteiger charge is 2.07. The minimum absolute atomic E-state index is 0.241. The molecule has 0 saturated carbocycles. The van der Waals surface area contributed by atoms with Crippen molar-refractivity contribution in [2.45, 2.75) is 39.2 Å². The van der Waals surface area contributed by atoms with Gasteiger partial charge in [0.15, 0.2) is 0 Å². The molecule has 0 aliphatic rings. The molecule has 2 heteroatoms. The molecule has 0 bridgehead atoms. The van der Waals surface area contributed by atoms with Crippen LogP contribution in [0.1, 0.15) is 42.7 Å². The zero-order valence-corrected chi connectivity index (χ0v) is 8.53. The van der Waals surface area contributed by atoms with Crippen molar-refractivity contribution < 1.29 is 5.11 Å². The van der Waals surface area contributed by atoms with Crippen LogP contribution in [0.15, 0.2) is 11.4 Å². The Balaban J connectivity index is 2.47. The van der Waals surface area contributed by atoms with E-state index in [1.807, 2.05) is 0 Å². The minimum atomic E-state index is -0.241. The van der Waals surface area contributed by atoms with E-state index in [0.717, 1.165) is 24.8 Å².